The van der Waals surface area contributed by atoms with Crippen LogP contribution >= 0.6 is 50.7 Å². The summed E-state index contributed by atoms with van der Waals surface area (Å²) in [5.74, 6) is -0.0322. The van der Waals surface area contributed by atoms with E-state index in [1.54, 1.807) is 36.4 Å². The molecule has 0 radical (unpaired) electrons. The lowest BCUT2D eigenvalue weighted by Gasteiger charge is -2.33. The standard InChI is InChI=1S/C25H28BrCl3N2O3/c1-2-22(25(33)30-17-7-4-3-5-8-17)31(14-18-20(28)9-6-10-21(18)29)24(32)15-34-23-12-11-16(27)13-19(23)26/h6,9-13,17,22H,2-5,7-8,14-15H2,1H3,(H,30,33). The minimum absolute atomic E-state index is 0.0963. The molecule has 9 heteroatoms. The second kappa shape index (κ2) is 13.0. The zero-order valence-electron chi connectivity index (χ0n) is 19.0. The van der Waals surface area contributed by atoms with E-state index in [4.69, 9.17) is 39.5 Å². The molecule has 1 aliphatic carbocycles. The van der Waals surface area contributed by atoms with Crippen LogP contribution in [0.15, 0.2) is 40.9 Å². The molecule has 1 unspecified atom stereocenters. The van der Waals surface area contributed by atoms with E-state index in [-0.39, 0.29) is 31.0 Å². The Morgan fingerprint density at radius 1 is 1.12 bits per heavy atom. The fourth-order valence-corrected chi connectivity index (χ4v) is 5.45. The maximum Gasteiger partial charge on any atom is 0.261 e. The fraction of sp³-hybridized carbons (Fsp3) is 0.440. The summed E-state index contributed by atoms with van der Waals surface area (Å²) in [4.78, 5) is 28.2. The molecule has 2 amide bonds. The first-order chi connectivity index (χ1) is 16.3. The van der Waals surface area contributed by atoms with Crippen molar-refractivity contribution in [2.24, 2.45) is 0 Å². The molecule has 1 saturated carbocycles. The number of hydrogen-bond donors (Lipinski definition) is 1. The molecular formula is C25H28BrCl3N2O3. The summed E-state index contributed by atoms with van der Waals surface area (Å²) in [6, 6.07) is 9.69. The van der Waals surface area contributed by atoms with Gasteiger partial charge in [0.05, 0.1) is 4.47 Å². The number of ether oxygens (including phenoxy) is 1. The number of carbonyl (C=O) groups excluding carboxylic acids is 2. The lowest BCUT2D eigenvalue weighted by molar-refractivity contribution is -0.143. The van der Waals surface area contributed by atoms with E-state index in [0.717, 1.165) is 25.7 Å². The van der Waals surface area contributed by atoms with Crippen LogP contribution in [0.2, 0.25) is 15.1 Å². The third kappa shape index (κ3) is 7.27. The Morgan fingerprint density at radius 3 is 2.41 bits per heavy atom. The van der Waals surface area contributed by atoms with E-state index in [1.165, 1.54) is 11.3 Å². The molecular weight excluding hydrogens is 563 g/mol. The van der Waals surface area contributed by atoms with Crippen molar-refractivity contribution >= 4 is 62.5 Å². The van der Waals surface area contributed by atoms with Crippen molar-refractivity contribution in [3.05, 3.63) is 61.5 Å². The van der Waals surface area contributed by atoms with Crippen LogP contribution in [0.5, 0.6) is 5.75 Å². The minimum Gasteiger partial charge on any atom is -0.483 e. The third-order valence-corrected chi connectivity index (χ3v) is 7.54. The van der Waals surface area contributed by atoms with Crippen LogP contribution in [0.25, 0.3) is 0 Å². The Bertz CT molecular complexity index is 995. The molecule has 0 aromatic heterocycles. The highest BCUT2D eigenvalue weighted by molar-refractivity contribution is 9.10. The van der Waals surface area contributed by atoms with Crippen molar-refractivity contribution in [3.63, 3.8) is 0 Å². The Kier molecular flexibility index (Phi) is 10.4. The van der Waals surface area contributed by atoms with Crippen molar-refractivity contribution in [3.8, 4) is 5.75 Å². The number of nitrogens with one attached hydrogen (secondary N) is 1. The average Bonchev–Trinajstić information content (AvgIpc) is 2.80. The normalized spacial score (nSPS) is 15.0. The fourth-order valence-electron chi connectivity index (χ4n) is 4.13. The molecule has 1 aliphatic rings. The smallest absolute Gasteiger partial charge is 0.261 e. The lowest BCUT2D eigenvalue weighted by Crippen LogP contribution is -2.52. The Labute approximate surface area is 224 Å². The molecule has 2 aromatic rings. The molecule has 5 nitrogen and oxygen atoms in total. The summed E-state index contributed by atoms with van der Waals surface area (Å²) >= 11 is 22.2. The van der Waals surface area contributed by atoms with Gasteiger partial charge in [0.2, 0.25) is 5.91 Å². The molecule has 2 aromatic carbocycles. The van der Waals surface area contributed by atoms with E-state index in [0.29, 0.717) is 37.3 Å². The molecule has 184 valence electrons. The highest BCUT2D eigenvalue weighted by atomic mass is 79.9. The first-order valence-corrected chi connectivity index (χ1v) is 13.3. The number of hydrogen-bond acceptors (Lipinski definition) is 3. The van der Waals surface area contributed by atoms with Crippen LogP contribution < -0.4 is 10.1 Å². The van der Waals surface area contributed by atoms with Crippen molar-refractivity contribution < 1.29 is 14.3 Å². The van der Waals surface area contributed by atoms with Crippen molar-refractivity contribution in [2.75, 3.05) is 6.61 Å². The maximum absolute atomic E-state index is 13.4. The quantitative estimate of drug-likeness (QED) is 0.341. The zero-order valence-corrected chi connectivity index (χ0v) is 22.8. The first kappa shape index (κ1) is 27.1. The van der Waals surface area contributed by atoms with Gasteiger partial charge in [-0.15, -0.1) is 0 Å². The van der Waals surface area contributed by atoms with E-state index in [2.05, 4.69) is 21.2 Å². The highest BCUT2D eigenvalue weighted by Crippen LogP contribution is 2.29. The summed E-state index contributed by atoms with van der Waals surface area (Å²) in [5, 5.41) is 4.57. The SMILES string of the molecule is CCC(C(=O)NC1CCCCC1)N(Cc1c(Cl)cccc1Cl)C(=O)COc1ccc(Cl)cc1Br. The van der Waals surface area contributed by atoms with Crippen molar-refractivity contribution in [1.82, 2.24) is 10.2 Å². The van der Waals surface area contributed by atoms with E-state index in [1.807, 2.05) is 6.92 Å². The molecule has 0 heterocycles. The van der Waals surface area contributed by atoms with Crippen LogP contribution in [-0.2, 0) is 16.1 Å². The first-order valence-electron chi connectivity index (χ1n) is 11.4. The van der Waals surface area contributed by atoms with Gasteiger partial charge in [0, 0.05) is 33.2 Å². The molecule has 0 spiro atoms. The minimum atomic E-state index is -0.681. The Hall–Kier alpha value is -1.47. The summed E-state index contributed by atoms with van der Waals surface area (Å²) in [6.07, 6.45) is 5.75. The number of halogens is 4. The highest BCUT2D eigenvalue weighted by Gasteiger charge is 2.31. The lowest BCUT2D eigenvalue weighted by atomic mass is 9.95. The van der Waals surface area contributed by atoms with Gasteiger partial charge in [-0.25, -0.2) is 0 Å². The zero-order chi connectivity index (χ0) is 24.7. The van der Waals surface area contributed by atoms with Crippen molar-refractivity contribution in [2.45, 2.75) is 64.1 Å². The van der Waals surface area contributed by atoms with E-state index in [9.17, 15) is 9.59 Å². The number of amides is 2. The molecule has 0 bridgehead atoms. The van der Waals surface area contributed by atoms with Gasteiger partial charge in [0.1, 0.15) is 11.8 Å². The van der Waals surface area contributed by atoms with E-state index >= 15 is 0 Å². The molecule has 0 aliphatic heterocycles. The summed E-state index contributed by atoms with van der Waals surface area (Å²) < 4.78 is 6.40. The monoisotopic (exact) mass is 588 g/mol. The molecule has 1 fully saturated rings. The van der Waals surface area contributed by atoms with E-state index < -0.39 is 6.04 Å². The van der Waals surface area contributed by atoms with Crippen LogP contribution in [0, 0.1) is 0 Å². The van der Waals surface area contributed by atoms with Crippen LogP contribution in [0.4, 0.5) is 0 Å². The second-order valence-corrected chi connectivity index (χ2v) is 10.5. The predicted molar refractivity (Wildman–Crippen MR) is 141 cm³/mol. The Balaban J connectivity index is 1.82. The van der Waals surface area contributed by atoms with Gasteiger partial charge >= 0.3 is 0 Å². The number of carbonyl (C=O) groups is 2. The number of rotatable bonds is 9. The topological polar surface area (TPSA) is 58.6 Å². The molecule has 1 N–H and O–H groups in total. The van der Waals surface area contributed by atoms with Gasteiger partial charge in [0.15, 0.2) is 6.61 Å². The predicted octanol–water partition coefficient (Wildman–Crippen LogP) is 7.04. The largest absolute Gasteiger partial charge is 0.483 e. The van der Waals surface area contributed by atoms with Crippen LogP contribution in [-0.4, -0.2) is 35.4 Å². The van der Waals surface area contributed by atoms with Gasteiger partial charge in [-0.05, 0) is 65.5 Å². The number of nitrogens with zero attached hydrogens (tertiary/aromatic N) is 1. The number of benzene rings is 2. The van der Waals surface area contributed by atoms with Gasteiger partial charge in [-0.2, -0.15) is 0 Å². The molecule has 1 atom stereocenters. The Morgan fingerprint density at radius 2 is 1.79 bits per heavy atom. The molecule has 0 saturated heterocycles. The second-order valence-electron chi connectivity index (χ2n) is 8.35. The van der Waals surface area contributed by atoms with Gasteiger partial charge < -0.3 is 15.0 Å². The van der Waals surface area contributed by atoms with Crippen LogP contribution in [0.1, 0.15) is 51.0 Å². The maximum atomic E-state index is 13.4. The van der Waals surface area contributed by atoms with Gasteiger partial charge in [0.25, 0.3) is 5.91 Å². The van der Waals surface area contributed by atoms with Gasteiger partial charge in [-0.1, -0.05) is 67.1 Å². The summed E-state index contributed by atoms with van der Waals surface area (Å²) in [6.45, 7) is 1.73. The van der Waals surface area contributed by atoms with Gasteiger partial charge in [-0.3, -0.25) is 9.59 Å². The molecule has 34 heavy (non-hydrogen) atoms. The summed E-state index contributed by atoms with van der Waals surface area (Å²) in [7, 11) is 0. The average molecular weight is 591 g/mol. The summed E-state index contributed by atoms with van der Waals surface area (Å²) in [5.41, 5.74) is 0.593. The third-order valence-electron chi connectivity index (χ3n) is 5.97. The van der Waals surface area contributed by atoms with Crippen molar-refractivity contribution in [1.29, 1.82) is 0 Å². The molecule has 3 rings (SSSR count). The van der Waals surface area contributed by atoms with Crippen LogP contribution in [0.3, 0.4) is 0 Å².